The Balaban J connectivity index is 2.11. The van der Waals surface area contributed by atoms with Gasteiger partial charge in [0, 0.05) is 18.7 Å². The van der Waals surface area contributed by atoms with E-state index < -0.39 is 23.3 Å². The lowest BCUT2D eigenvalue weighted by atomic mass is 9.98. The molecule has 0 unspecified atom stereocenters. The Morgan fingerprint density at radius 1 is 1.24 bits per heavy atom. The van der Waals surface area contributed by atoms with Gasteiger partial charge in [-0.05, 0) is 44.9 Å². The highest BCUT2D eigenvalue weighted by molar-refractivity contribution is 5.73. The summed E-state index contributed by atoms with van der Waals surface area (Å²) in [7, 11) is 0. The number of halogens is 2. The van der Waals surface area contributed by atoms with Gasteiger partial charge >= 0.3 is 6.09 Å². The average Bonchev–Trinajstić information content (AvgIpc) is 2.37. The minimum Gasteiger partial charge on any atom is -0.444 e. The highest BCUT2D eigenvalue weighted by Gasteiger charge is 2.25. The molecule has 0 aliphatic carbocycles. The fourth-order valence-corrected chi connectivity index (χ4v) is 2.19. The minimum atomic E-state index is -0.577. The number of amides is 1. The number of carbonyl (C=O) groups is 1. The van der Waals surface area contributed by atoms with Gasteiger partial charge in [0.05, 0.1) is 0 Å². The summed E-state index contributed by atoms with van der Waals surface area (Å²) in [6.45, 7) is 6.06. The van der Waals surface area contributed by atoms with Crippen LogP contribution in [0.1, 0.15) is 32.8 Å². The molecule has 0 N–H and O–H groups in total. The summed E-state index contributed by atoms with van der Waals surface area (Å²) in [6, 6.07) is 3.81. The van der Waals surface area contributed by atoms with Gasteiger partial charge in [0.2, 0.25) is 0 Å². The first-order valence-electron chi connectivity index (χ1n) is 6.89. The maximum absolute atomic E-state index is 13.7. The van der Waals surface area contributed by atoms with Crippen molar-refractivity contribution >= 4 is 11.7 Å². The Labute approximate surface area is 123 Å². The van der Waals surface area contributed by atoms with Crippen LogP contribution in [-0.4, -0.2) is 29.7 Å². The van der Waals surface area contributed by atoms with E-state index in [0.29, 0.717) is 18.5 Å². The molecule has 0 radical (unpaired) electrons. The molecule has 0 aromatic heterocycles. The Morgan fingerprint density at radius 3 is 2.33 bits per heavy atom. The van der Waals surface area contributed by atoms with Crippen molar-refractivity contribution in [2.24, 2.45) is 0 Å². The third-order valence-electron chi connectivity index (χ3n) is 3.14. The third-order valence-corrected chi connectivity index (χ3v) is 3.14. The molecular weight excluding hydrogens is 276 g/mol. The first kappa shape index (κ1) is 15.5. The summed E-state index contributed by atoms with van der Waals surface area (Å²) < 4.78 is 32.7. The van der Waals surface area contributed by atoms with Crippen LogP contribution >= 0.6 is 0 Å². The average molecular weight is 295 g/mol. The van der Waals surface area contributed by atoms with Crippen molar-refractivity contribution in [2.45, 2.75) is 32.8 Å². The minimum absolute atomic E-state index is 0.00124. The lowest BCUT2D eigenvalue weighted by molar-refractivity contribution is 0.0270. The number of ether oxygens (including phenoxy) is 1. The number of carbonyl (C=O) groups excluding carboxylic acids is 1. The van der Waals surface area contributed by atoms with Gasteiger partial charge in [-0.3, -0.25) is 0 Å². The van der Waals surface area contributed by atoms with Crippen LogP contribution in [-0.2, 0) is 4.74 Å². The lowest BCUT2D eigenvalue weighted by Gasteiger charge is -2.29. The van der Waals surface area contributed by atoms with Crippen molar-refractivity contribution in [2.75, 3.05) is 13.1 Å². The third kappa shape index (κ3) is 3.80. The van der Waals surface area contributed by atoms with Crippen LogP contribution in [0.3, 0.4) is 0 Å². The monoisotopic (exact) mass is 295 g/mol. The zero-order valence-corrected chi connectivity index (χ0v) is 12.5. The van der Waals surface area contributed by atoms with Crippen molar-refractivity contribution in [1.29, 1.82) is 0 Å². The zero-order valence-electron chi connectivity index (χ0n) is 12.5. The van der Waals surface area contributed by atoms with Gasteiger partial charge in [-0.15, -0.1) is 0 Å². The van der Waals surface area contributed by atoms with Gasteiger partial charge in [-0.2, -0.15) is 0 Å². The van der Waals surface area contributed by atoms with E-state index in [1.165, 1.54) is 23.1 Å². The van der Waals surface area contributed by atoms with E-state index in [1.807, 2.05) is 0 Å². The van der Waals surface area contributed by atoms with E-state index in [9.17, 15) is 13.6 Å². The molecule has 0 atom stereocenters. The Kier molecular flexibility index (Phi) is 4.30. The van der Waals surface area contributed by atoms with Crippen LogP contribution in [0.15, 0.2) is 24.3 Å². The molecule has 1 aliphatic rings. The van der Waals surface area contributed by atoms with Gasteiger partial charge in [0.25, 0.3) is 0 Å². The summed E-state index contributed by atoms with van der Waals surface area (Å²) in [6.07, 6.45) is 1.67. The first-order valence-corrected chi connectivity index (χ1v) is 6.89. The fraction of sp³-hybridized carbons (Fsp3) is 0.438. The Morgan fingerprint density at radius 2 is 1.86 bits per heavy atom. The van der Waals surface area contributed by atoms with E-state index in [2.05, 4.69) is 0 Å². The van der Waals surface area contributed by atoms with E-state index in [4.69, 9.17) is 4.74 Å². The van der Waals surface area contributed by atoms with Crippen molar-refractivity contribution in [3.05, 3.63) is 41.5 Å². The quantitative estimate of drug-likeness (QED) is 0.784. The second-order valence-corrected chi connectivity index (χ2v) is 6.00. The summed E-state index contributed by atoms with van der Waals surface area (Å²) in [5.41, 5.74) is 0.0328. The molecule has 1 aliphatic heterocycles. The molecule has 1 amide bonds. The smallest absolute Gasteiger partial charge is 0.410 e. The van der Waals surface area contributed by atoms with E-state index in [0.717, 1.165) is 0 Å². The van der Waals surface area contributed by atoms with Gasteiger partial charge in [0.15, 0.2) is 0 Å². The molecule has 21 heavy (non-hydrogen) atoms. The van der Waals surface area contributed by atoms with Gasteiger partial charge in [-0.1, -0.05) is 12.1 Å². The topological polar surface area (TPSA) is 29.5 Å². The van der Waals surface area contributed by atoms with Crippen LogP contribution < -0.4 is 0 Å². The normalized spacial score (nSPS) is 15.7. The summed E-state index contributed by atoms with van der Waals surface area (Å²) in [4.78, 5) is 13.4. The van der Waals surface area contributed by atoms with E-state index in [1.54, 1.807) is 26.8 Å². The molecule has 114 valence electrons. The molecule has 1 aromatic rings. The fourth-order valence-electron chi connectivity index (χ4n) is 2.19. The van der Waals surface area contributed by atoms with E-state index in [-0.39, 0.29) is 12.1 Å². The molecule has 0 saturated carbocycles. The van der Waals surface area contributed by atoms with Gasteiger partial charge in [0.1, 0.15) is 17.2 Å². The first-order chi connectivity index (χ1) is 9.78. The SMILES string of the molecule is CC(C)(C)OC(=O)N1CC=C(c2c(F)cccc2F)CC1. The Hall–Kier alpha value is -1.91. The molecule has 3 nitrogen and oxygen atoms in total. The molecule has 1 aromatic carbocycles. The van der Waals surface area contributed by atoms with Crippen LogP contribution in [0.2, 0.25) is 0 Å². The van der Waals surface area contributed by atoms with Crippen molar-refractivity contribution < 1.29 is 18.3 Å². The van der Waals surface area contributed by atoms with E-state index >= 15 is 0 Å². The maximum Gasteiger partial charge on any atom is 0.410 e. The zero-order chi connectivity index (χ0) is 15.6. The molecule has 5 heteroatoms. The largest absolute Gasteiger partial charge is 0.444 e. The predicted octanol–water partition coefficient (Wildman–Crippen LogP) is 3.99. The molecule has 0 fully saturated rings. The summed E-state index contributed by atoms with van der Waals surface area (Å²) >= 11 is 0. The molecule has 0 bridgehead atoms. The van der Waals surface area contributed by atoms with Crippen LogP contribution in [0.25, 0.3) is 5.57 Å². The highest BCUT2D eigenvalue weighted by Crippen LogP contribution is 2.27. The second-order valence-electron chi connectivity index (χ2n) is 6.00. The molecule has 0 spiro atoms. The van der Waals surface area contributed by atoms with Gasteiger partial charge in [-0.25, -0.2) is 13.6 Å². The maximum atomic E-state index is 13.7. The standard InChI is InChI=1S/C16H19F2NO2/c1-16(2,3)21-15(20)19-9-7-11(8-10-19)14-12(17)5-4-6-13(14)18/h4-7H,8-10H2,1-3H3. The highest BCUT2D eigenvalue weighted by atomic mass is 19.1. The number of hydrogen-bond acceptors (Lipinski definition) is 2. The van der Waals surface area contributed by atoms with Crippen molar-refractivity contribution in [1.82, 2.24) is 4.90 Å². The second kappa shape index (κ2) is 5.84. The summed E-state index contributed by atoms with van der Waals surface area (Å²) in [5, 5.41) is 0. The molecule has 2 rings (SSSR count). The van der Waals surface area contributed by atoms with Crippen LogP contribution in [0.4, 0.5) is 13.6 Å². The number of benzene rings is 1. The number of hydrogen-bond donors (Lipinski definition) is 0. The van der Waals surface area contributed by atoms with Crippen LogP contribution in [0.5, 0.6) is 0 Å². The number of nitrogens with zero attached hydrogens (tertiary/aromatic N) is 1. The molecule has 1 heterocycles. The predicted molar refractivity (Wildman–Crippen MR) is 76.8 cm³/mol. The molecular formula is C16H19F2NO2. The lowest BCUT2D eigenvalue weighted by Crippen LogP contribution is -2.39. The number of rotatable bonds is 1. The van der Waals surface area contributed by atoms with Crippen molar-refractivity contribution in [3.8, 4) is 0 Å². The Bertz CT molecular complexity index is 556. The van der Waals surface area contributed by atoms with Crippen molar-refractivity contribution in [3.63, 3.8) is 0 Å². The summed E-state index contributed by atoms with van der Waals surface area (Å²) in [5.74, 6) is -1.15. The molecule has 0 saturated heterocycles. The van der Waals surface area contributed by atoms with Crippen LogP contribution in [0, 0.1) is 11.6 Å². The van der Waals surface area contributed by atoms with Gasteiger partial charge < -0.3 is 9.64 Å².